The quantitative estimate of drug-likeness (QED) is 0.382. The van der Waals surface area contributed by atoms with Crippen molar-refractivity contribution in [1.29, 1.82) is 0 Å². The minimum atomic E-state index is -0.910. The summed E-state index contributed by atoms with van der Waals surface area (Å²) in [6.45, 7) is -0.239. The summed E-state index contributed by atoms with van der Waals surface area (Å²) >= 11 is 11.8. The fourth-order valence-corrected chi connectivity index (χ4v) is 3.82. The lowest BCUT2D eigenvalue weighted by Crippen LogP contribution is -2.50. The molecule has 182 valence electrons. The van der Waals surface area contributed by atoms with Gasteiger partial charge < -0.3 is 23.7 Å². The number of benzene rings is 2. The Morgan fingerprint density at radius 2 is 1.47 bits per heavy atom. The number of esters is 3. The van der Waals surface area contributed by atoms with Gasteiger partial charge in [0.1, 0.15) is 18.8 Å². The zero-order valence-corrected chi connectivity index (χ0v) is 20.1. The molecule has 4 unspecified atom stereocenters. The van der Waals surface area contributed by atoms with Crippen LogP contribution in [0, 0.1) is 5.92 Å². The highest BCUT2D eigenvalue weighted by Gasteiger charge is 2.43. The zero-order valence-electron chi connectivity index (χ0n) is 18.6. The molecule has 8 nitrogen and oxygen atoms in total. The van der Waals surface area contributed by atoms with Crippen molar-refractivity contribution in [3.8, 4) is 0 Å². The summed E-state index contributed by atoms with van der Waals surface area (Å²) in [6, 6.07) is 12.4. The van der Waals surface area contributed by atoms with Crippen LogP contribution in [0.5, 0.6) is 0 Å². The molecule has 1 saturated heterocycles. The molecule has 4 atom stereocenters. The minimum absolute atomic E-state index is 0.0418. The number of carbonyl (C=O) groups is 3. The first-order valence-electron chi connectivity index (χ1n) is 10.4. The number of hydrogen-bond donors (Lipinski definition) is 0. The van der Waals surface area contributed by atoms with Crippen LogP contribution < -0.4 is 0 Å². The van der Waals surface area contributed by atoms with E-state index in [0.717, 1.165) is 0 Å². The van der Waals surface area contributed by atoms with Gasteiger partial charge in [0.25, 0.3) is 0 Å². The Kier molecular flexibility index (Phi) is 9.29. The largest absolute Gasteiger partial charge is 0.469 e. The van der Waals surface area contributed by atoms with Crippen LogP contribution in [0.2, 0.25) is 10.0 Å². The highest BCUT2D eigenvalue weighted by Crippen LogP contribution is 2.32. The van der Waals surface area contributed by atoms with Gasteiger partial charge in [0.2, 0.25) is 0 Å². The third-order valence-electron chi connectivity index (χ3n) is 5.35. The van der Waals surface area contributed by atoms with Crippen LogP contribution in [-0.4, -0.2) is 57.2 Å². The van der Waals surface area contributed by atoms with E-state index < -0.39 is 42.3 Å². The molecule has 2 aromatic carbocycles. The molecule has 0 amide bonds. The average Bonchev–Trinajstić information content (AvgIpc) is 2.84. The molecule has 2 aromatic rings. The first-order valence-corrected chi connectivity index (χ1v) is 11.2. The summed E-state index contributed by atoms with van der Waals surface area (Å²) in [5, 5.41) is 0.950. The summed E-state index contributed by atoms with van der Waals surface area (Å²) in [5.74, 6) is -2.22. The Bertz CT molecular complexity index is 993. The molecule has 34 heavy (non-hydrogen) atoms. The first-order chi connectivity index (χ1) is 16.3. The van der Waals surface area contributed by atoms with Crippen molar-refractivity contribution in [2.45, 2.75) is 31.3 Å². The second-order valence-corrected chi connectivity index (χ2v) is 8.47. The lowest BCUT2D eigenvalue weighted by molar-refractivity contribution is -0.238. The van der Waals surface area contributed by atoms with Crippen LogP contribution >= 0.6 is 23.2 Å². The summed E-state index contributed by atoms with van der Waals surface area (Å²) in [5.41, 5.74) is 0.566. The van der Waals surface area contributed by atoms with Crippen LogP contribution in [0.1, 0.15) is 33.6 Å². The Labute approximate surface area is 207 Å². The molecule has 0 aromatic heterocycles. The molecule has 0 radical (unpaired) electrons. The van der Waals surface area contributed by atoms with Crippen LogP contribution in [0.4, 0.5) is 0 Å². The molecule has 1 aliphatic rings. The third kappa shape index (κ3) is 6.93. The van der Waals surface area contributed by atoms with E-state index in [9.17, 15) is 14.4 Å². The monoisotopic (exact) mass is 510 g/mol. The molecule has 0 bridgehead atoms. The van der Waals surface area contributed by atoms with Crippen LogP contribution in [-0.2, 0) is 28.5 Å². The summed E-state index contributed by atoms with van der Waals surface area (Å²) in [6.07, 6.45) is -2.27. The van der Waals surface area contributed by atoms with Crippen molar-refractivity contribution in [1.82, 2.24) is 0 Å². The van der Waals surface area contributed by atoms with E-state index in [1.807, 2.05) is 0 Å². The van der Waals surface area contributed by atoms with Gasteiger partial charge in [-0.1, -0.05) is 23.2 Å². The third-order valence-corrected chi connectivity index (χ3v) is 5.86. The van der Waals surface area contributed by atoms with Crippen molar-refractivity contribution in [3.63, 3.8) is 0 Å². The van der Waals surface area contributed by atoms with Gasteiger partial charge in [-0.25, -0.2) is 9.59 Å². The molecule has 1 heterocycles. The summed E-state index contributed by atoms with van der Waals surface area (Å²) in [7, 11) is 2.73. The van der Waals surface area contributed by atoms with Crippen molar-refractivity contribution in [3.05, 3.63) is 69.7 Å². The van der Waals surface area contributed by atoms with Gasteiger partial charge in [0.15, 0.2) is 6.29 Å². The van der Waals surface area contributed by atoms with E-state index in [1.54, 1.807) is 24.3 Å². The summed E-state index contributed by atoms with van der Waals surface area (Å²) < 4.78 is 27.2. The van der Waals surface area contributed by atoms with E-state index in [2.05, 4.69) is 0 Å². The van der Waals surface area contributed by atoms with Gasteiger partial charge >= 0.3 is 17.9 Å². The van der Waals surface area contributed by atoms with Gasteiger partial charge in [0, 0.05) is 29.5 Å². The van der Waals surface area contributed by atoms with Gasteiger partial charge in [0.05, 0.1) is 24.7 Å². The number of ether oxygens (including phenoxy) is 5. The standard InChI is InChI=1S/C24H24Cl2O8/c1-30-20(27)11-16-12-21(31-2)33-19(13-32-23(28)14-3-7-17(25)8-4-14)22(16)34-24(29)15-5-9-18(26)10-6-15/h3-10,16,19,21-22H,11-13H2,1-2H3. The predicted octanol–water partition coefficient (Wildman–Crippen LogP) is 4.32. The maximum atomic E-state index is 12.8. The summed E-state index contributed by atoms with van der Waals surface area (Å²) in [4.78, 5) is 37.4. The van der Waals surface area contributed by atoms with Gasteiger partial charge in [-0.15, -0.1) is 0 Å². The molecule has 10 heteroatoms. The molecule has 0 spiro atoms. The van der Waals surface area contributed by atoms with Crippen molar-refractivity contribution < 1.29 is 38.1 Å². The molecule has 1 aliphatic heterocycles. The minimum Gasteiger partial charge on any atom is -0.469 e. The lowest BCUT2D eigenvalue weighted by atomic mass is 9.88. The van der Waals surface area contributed by atoms with Crippen molar-refractivity contribution in [2.75, 3.05) is 20.8 Å². The zero-order chi connectivity index (χ0) is 24.7. The molecular formula is C24H24Cl2O8. The molecule has 0 aliphatic carbocycles. The van der Waals surface area contributed by atoms with Crippen LogP contribution in [0.25, 0.3) is 0 Å². The van der Waals surface area contributed by atoms with Crippen molar-refractivity contribution in [2.24, 2.45) is 5.92 Å². The number of rotatable bonds is 8. The highest BCUT2D eigenvalue weighted by molar-refractivity contribution is 6.31. The topological polar surface area (TPSA) is 97.4 Å². The van der Waals surface area contributed by atoms with E-state index in [1.165, 1.54) is 38.5 Å². The normalized spacial score (nSPS) is 22.0. The smallest absolute Gasteiger partial charge is 0.338 e. The Balaban J connectivity index is 1.79. The average molecular weight is 511 g/mol. The fraction of sp³-hybridized carbons (Fsp3) is 0.375. The van der Waals surface area contributed by atoms with Crippen LogP contribution in [0.15, 0.2) is 48.5 Å². The molecule has 1 fully saturated rings. The SMILES string of the molecule is COC(=O)CC1CC(OC)OC(COC(=O)c2ccc(Cl)cc2)C1OC(=O)c1ccc(Cl)cc1. The van der Waals surface area contributed by atoms with Crippen LogP contribution in [0.3, 0.4) is 0 Å². The van der Waals surface area contributed by atoms with E-state index >= 15 is 0 Å². The van der Waals surface area contributed by atoms with Crippen molar-refractivity contribution >= 4 is 41.1 Å². The Morgan fingerprint density at radius 3 is 2.00 bits per heavy atom. The number of hydrogen-bond acceptors (Lipinski definition) is 8. The van der Waals surface area contributed by atoms with Gasteiger partial charge in [-0.05, 0) is 48.5 Å². The second-order valence-electron chi connectivity index (χ2n) is 7.60. The second kappa shape index (κ2) is 12.2. The van der Waals surface area contributed by atoms with Gasteiger partial charge in [-0.3, -0.25) is 4.79 Å². The number of halogens is 2. The fourth-order valence-electron chi connectivity index (χ4n) is 3.57. The Morgan fingerprint density at radius 1 is 0.912 bits per heavy atom. The Hall–Kier alpha value is -2.65. The lowest BCUT2D eigenvalue weighted by Gasteiger charge is -2.40. The number of methoxy groups -OCH3 is 2. The highest BCUT2D eigenvalue weighted by atomic mass is 35.5. The molecule has 3 rings (SSSR count). The maximum Gasteiger partial charge on any atom is 0.338 e. The first kappa shape index (κ1) is 26.0. The maximum absolute atomic E-state index is 12.8. The van der Waals surface area contributed by atoms with E-state index in [-0.39, 0.29) is 25.0 Å². The predicted molar refractivity (Wildman–Crippen MR) is 123 cm³/mol. The molecular weight excluding hydrogens is 487 g/mol. The van der Waals surface area contributed by atoms with Gasteiger partial charge in [-0.2, -0.15) is 0 Å². The molecule has 0 N–H and O–H groups in total. The van der Waals surface area contributed by atoms with E-state index in [4.69, 9.17) is 46.9 Å². The number of carbonyl (C=O) groups excluding carboxylic acids is 3. The van der Waals surface area contributed by atoms with E-state index in [0.29, 0.717) is 15.6 Å². The molecule has 0 saturated carbocycles.